The van der Waals surface area contributed by atoms with Gasteiger partial charge < -0.3 is 15.2 Å². The predicted octanol–water partition coefficient (Wildman–Crippen LogP) is 1.87. The summed E-state index contributed by atoms with van der Waals surface area (Å²) in [6, 6.07) is 4.99. The molecule has 0 aliphatic heterocycles. The molecule has 0 saturated carbocycles. The minimum absolute atomic E-state index is 0.0281. The zero-order chi connectivity index (χ0) is 12.8. The van der Waals surface area contributed by atoms with Gasteiger partial charge in [0.2, 0.25) is 5.91 Å². The summed E-state index contributed by atoms with van der Waals surface area (Å²) in [5.41, 5.74) is 0. The van der Waals surface area contributed by atoms with Crippen molar-refractivity contribution in [1.82, 2.24) is 5.32 Å². The highest BCUT2D eigenvalue weighted by atomic mass is 35.5. The molecule has 1 amide bonds. The van der Waals surface area contributed by atoms with Gasteiger partial charge in [-0.3, -0.25) is 4.79 Å². The van der Waals surface area contributed by atoms with Crippen molar-refractivity contribution < 1.29 is 14.6 Å². The first-order valence-electron chi connectivity index (χ1n) is 5.00. The van der Waals surface area contributed by atoms with E-state index in [0.29, 0.717) is 15.8 Å². The minimum atomic E-state index is -0.797. The van der Waals surface area contributed by atoms with Crippen LogP contribution in [-0.2, 0) is 4.79 Å². The quantitative estimate of drug-likeness (QED) is 0.864. The Labute approximate surface area is 109 Å². The molecule has 0 heterocycles. The van der Waals surface area contributed by atoms with Crippen LogP contribution < -0.4 is 10.1 Å². The van der Waals surface area contributed by atoms with Gasteiger partial charge in [-0.15, -0.1) is 0 Å². The van der Waals surface area contributed by atoms with Crippen LogP contribution in [0.5, 0.6) is 5.75 Å². The Morgan fingerprint density at radius 2 is 2.24 bits per heavy atom. The lowest BCUT2D eigenvalue weighted by atomic mass is 10.3. The molecule has 1 atom stereocenters. The van der Waals surface area contributed by atoms with Gasteiger partial charge in [0.25, 0.3) is 0 Å². The van der Waals surface area contributed by atoms with Gasteiger partial charge in [-0.1, -0.05) is 29.3 Å². The lowest BCUT2D eigenvalue weighted by Crippen LogP contribution is -2.33. The number of ether oxygens (including phenoxy) is 1. The van der Waals surface area contributed by atoms with Crippen molar-refractivity contribution in [3.63, 3.8) is 0 Å². The van der Waals surface area contributed by atoms with Crippen LogP contribution in [0, 0.1) is 0 Å². The van der Waals surface area contributed by atoms with Crippen molar-refractivity contribution in [2.75, 3.05) is 13.2 Å². The number of amides is 1. The summed E-state index contributed by atoms with van der Waals surface area (Å²) in [5, 5.41) is 12.7. The highest BCUT2D eigenvalue weighted by molar-refractivity contribution is 6.42. The smallest absolute Gasteiger partial charge is 0.216 e. The maximum Gasteiger partial charge on any atom is 0.216 e. The van der Waals surface area contributed by atoms with Crippen LogP contribution >= 0.6 is 23.2 Å². The van der Waals surface area contributed by atoms with Crippen molar-refractivity contribution in [3.8, 4) is 5.75 Å². The molecule has 0 bridgehead atoms. The molecular formula is C11H13Cl2NO3. The van der Waals surface area contributed by atoms with E-state index in [1.165, 1.54) is 6.92 Å². The first-order chi connectivity index (χ1) is 8.00. The number of hydrogen-bond donors (Lipinski definition) is 2. The molecule has 94 valence electrons. The van der Waals surface area contributed by atoms with Crippen LogP contribution in [0.15, 0.2) is 18.2 Å². The van der Waals surface area contributed by atoms with Gasteiger partial charge >= 0.3 is 0 Å². The first-order valence-corrected chi connectivity index (χ1v) is 5.75. The van der Waals surface area contributed by atoms with E-state index >= 15 is 0 Å². The Morgan fingerprint density at radius 1 is 1.53 bits per heavy atom. The van der Waals surface area contributed by atoms with E-state index in [1.54, 1.807) is 18.2 Å². The molecule has 0 saturated heterocycles. The van der Waals surface area contributed by atoms with Gasteiger partial charge in [-0.2, -0.15) is 0 Å². The second-order valence-corrected chi connectivity index (χ2v) is 4.24. The summed E-state index contributed by atoms with van der Waals surface area (Å²) < 4.78 is 5.29. The molecule has 1 aromatic carbocycles. The summed E-state index contributed by atoms with van der Waals surface area (Å²) >= 11 is 11.7. The number of aliphatic hydroxyl groups is 1. The molecule has 4 nitrogen and oxygen atoms in total. The lowest BCUT2D eigenvalue weighted by Gasteiger charge is -2.13. The third kappa shape index (κ3) is 4.81. The molecule has 1 unspecified atom stereocenters. The molecule has 0 aliphatic rings. The molecule has 1 aromatic rings. The fraction of sp³-hybridized carbons (Fsp3) is 0.364. The molecule has 0 radical (unpaired) electrons. The van der Waals surface area contributed by atoms with E-state index in [9.17, 15) is 9.90 Å². The van der Waals surface area contributed by atoms with Gasteiger partial charge in [0, 0.05) is 13.5 Å². The van der Waals surface area contributed by atoms with Gasteiger partial charge in [-0.05, 0) is 12.1 Å². The fourth-order valence-electron chi connectivity index (χ4n) is 1.10. The SMILES string of the molecule is CC(=O)NCC(O)COc1cccc(Cl)c1Cl. The van der Waals surface area contributed by atoms with Gasteiger partial charge in [-0.25, -0.2) is 0 Å². The number of carbonyl (C=O) groups is 1. The van der Waals surface area contributed by atoms with E-state index < -0.39 is 6.10 Å². The molecule has 2 N–H and O–H groups in total. The summed E-state index contributed by atoms with van der Waals surface area (Å²) in [6.45, 7) is 1.54. The summed E-state index contributed by atoms with van der Waals surface area (Å²) in [4.78, 5) is 10.6. The maximum atomic E-state index is 10.6. The Balaban J connectivity index is 2.44. The largest absolute Gasteiger partial charge is 0.489 e. The predicted molar refractivity (Wildman–Crippen MR) is 66.6 cm³/mol. The number of carbonyl (C=O) groups excluding carboxylic acids is 1. The highest BCUT2D eigenvalue weighted by Gasteiger charge is 2.09. The molecule has 0 fully saturated rings. The second-order valence-electron chi connectivity index (χ2n) is 3.45. The Morgan fingerprint density at radius 3 is 2.88 bits per heavy atom. The zero-order valence-electron chi connectivity index (χ0n) is 9.24. The Hall–Kier alpha value is -0.970. The van der Waals surface area contributed by atoms with Crippen LogP contribution in [0.3, 0.4) is 0 Å². The van der Waals surface area contributed by atoms with E-state index in [2.05, 4.69) is 5.32 Å². The number of benzene rings is 1. The van der Waals surface area contributed by atoms with E-state index in [1.807, 2.05) is 0 Å². The number of nitrogens with one attached hydrogen (secondary N) is 1. The van der Waals surface area contributed by atoms with Gasteiger partial charge in [0.05, 0.1) is 5.02 Å². The third-order valence-corrected chi connectivity index (χ3v) is 2.74. The lowest BCUT2D eigenvalue weighted by molar-refractivity contribution is -0.119. The van der Waals surface area contributed by atoms with Crippen LogP contribution in [0.1, 0.15) is 6.92 Å². The van der Waals surface area contributed by atoms with Crippen molar-refractivity contribution in [1.29, 1.82) is 0 Å². The van der Waals surface area contributed by atoms with Gasteiger partial charge in [0.15, 0.2) is 0 Å². The number of halogens is 2. The minimum Gasteiger partial charge on any atom is -0.489 e. The van der Waals surface area contributed by atoms with Crippen LogP contribution in [-0.4, -0.2) is 30.3 Å². The molecule has 1 rings (SSSR count). The normalized spacial score (nSPS) is 12.0. The third-order valence-electron chi connectivity index (χ3n) is 1.93. The molecule has 0 aliphatic carbocycles. The Kier molecular flexibility index (Phi) is 5.55. The molecular weight excluding hydrogens is 265 g/mol. The van der Waals surface area contributed by atoms with Gasteiger partial charge in [0.1, 0.15) is 23.5 Å². The maximum absolute atomic E-state index is 10.6. The van der Waals surface area contributed by atoms with Crippen molar-refractivity contribution in [3.05, 3.63) is 28.2 Å². The summed E-state index contributed by atoms with van der Waals surface area (Å²) in [5.74, 6) is 0.200. The average molecular weight is 278 g/mol. The summed E-state index contributed by atoms with van der Waals surface area (Å²) in [6.07, 6.45) is -0.797. The zero-order valence-corrected chi connectivity index (χ0v) is 10.8. The second kappa shape index (κ2) is 6.69. The number of hydrogen-bond acceptors (Lipinski definition) is 3. The van der Waals surface area contributed by atoms with Crippen LogP contribution in [0.25, 0.3) is 0 Å². The molecule has 0 aromatic heterocycles. The van der Waals surface area contributed by atoms with Crippen LogP contribution in [0.2, 0.25) is 10.0 Å². The highest BCUT2D eigenvalue weighted by Crippen LogP contribution is 2.31. The number of aliphatic hydroxyl groups excluding tert-OH is 1. The van der Waals surface area contributed by atoms with E-state index in [4.69, 9.17) is 27.9 Å². The van der Waals surface area contributed by atoms with E-state index in [-0.39, 0.29) is 19.1 Å². The Bertz CT molecular complexity index is 398. The van der Waals surface area contributed by atoms with Crippen molar-refractivity contribution in [2.45, 2.75) is 13.0 Å². The standard InChI is InChI=1S/C11H13Cl2NO3/c1-7(15)14-5-8(16)6-17-10-4-2-3-9(12)11(10)13/h2-4,8,16H,5-6H2,1H3,(H,14,15). The fourth-order valence-corrected chi connectivity index (χ4v) is 1.45. The first kappa shape index (κ1) is 14.1. The molecule has 6 heteroatoms. The van der Waals surface area contributed by atoms with E-state index in [0.717, 1.165) is 0 Å². The number of rotatable bonds is 5. The average Bonchev–Trinajstić information content (AvgIpc) is 2.28. The monoisotopic (exact) mass is 277 g/mol. The molecule has 0 spiro atoms. The summed E-state index contributed by atoms with van der Waals surface area (Å²) in [7, 11) is 0. The van der Waals surface area contributed by atoms with Crippen molar-refractivity contribution >= 4 is 29.1 Å². The van der Waals surface area contributed by atoms with Crippen LogP contribution in [0.4, 0.5) is 0 Å². The topological polar surface area (TPSA) is 58.6 Å². The molecule has 17 heavy (non-hydrogen) atoms. The van der Waals surface area contributed by atoms with Crippen molar-refractivity contribution in [2.24, 2.45) is 0 Å².